The van der Waals surface area contributed by atoms with Gasteiger partial charge in [0.1, 0.15) is 11.0 Å². The number of aromatic nitrogens is 1. The summed E-state index contributed by atoms with van der Waals surface area (Å²) in [5, 5.41) is 12.4. The summed E-state index contributed by atoms with van der Waals surface area (Å²) in [5.41, 5.74) is 6.20. The van der Waals surface area contributed by atoms with Gasteiger partial charge >= 0.3 is 0 Å². The van der Waals surface area contributed by atoms with Crippen molar-refractivity contribution in [2.75, 3.05) is 17.7 Å². The molecule has 1 saturated carbocycles. The number of nitrogens with zero attached hydrogens (tertiary/aromatic N) is 1. The summed E-state index contributed by atoms with van der Waals surface area (Å²) < 4.78 is 0. The Bertz CT molecular complexity index is 325. The molecule has 0 saturated heterocycles. The van der Waals surface area contributed by atoms with Crippen LogP contribution in [0.4, 0.5) is 11.5 Å². The minimum Gasteiger partial charge on any atom is -0.399 e. The lowest BCUT2D eigenvalue weighted by Gasteiger charge is -2.05. The average molecular weight is 214 g/mol. The van der Waals surface area contributed by atoms with E-state index in [9.17, 15) is 0 Å². The van der Waals surface area contributed by atoms with Crippen LogP contribution < -0.4 is 11.1 Å². The molecule has 4 N–H and O–H groups in total. The van der Waals surface area contributed by atoms with Gasteiger partial charge in [-0.15, -0.1) is 0 Å². The third-order valence-electron chi connectivity index (χ3n) is 2.31. The van der Waals surface area contributed by atoms with Gasteiger partial charge in [-0.3, -0.25) is 0 Å². The van der Waals surface area contributed by atoms with Gasteiger partial charge in [0.25, 0.3) is 0 Å². The summed E-state index contributed by atoms with van der Waals surface area (Å²) in [6.45, 7) is 0.216. The lowest BCUT2D eigenvalue weighted by atomic mass is 10.4. The highest BCUT2D eigenvalue weighted by atomic mass is 35.5. The smallest absolute Gasteiger partial charge is 0.133 e. The topological polar surface area (TPSA) is 71.2 Å². The molecule has 1 aliphatic carbocycles. The highest BCUT2D eigenvalue weighted by Crippen LogP contribution is 2.32. The monoisotopic (exact) mass is 213 g/mol. The number of nitrogens with one attached hydrogen (secondary N) is 1. The van der Waals surface area contributed by atoms with E-state index in [4.69, 9.17) is 22.4 Å². The summed E-state index contributed by atoms with van der Waals surface area (Å²) in [5.74, 6) is 1.02. The molecular formula is C9H12ClN3O. The lowest BCUT2D eigenvalue weighted by Crippen LogP contribution is -2.08. The molecule has 5 heteroatoms. The van der Waals surface area contributed by atoms with Crippen LogP contribution in [-0.2, 0) is 0 Å². The van der Waals surface area contributed by atoms with E-state index in [-0.39, 0.29) is 6.61 Å². The molecule has 2 rings (SSSR count). The van der Waals surface area contributed by atoms with Crippen LogP contribution in [0.25, 0.3) is 0 Å². The Kier molecular flexibility index (Phi) is 2.48. The first-order chi connectivity index (χ1) is 6.69. The van der Waals surface area contributed by atoms with Crippen LogP contribution in [0.3, 0.4) is 0 Å². The first-order valence-corrected chi connectivity index (χ1v) is 4.87. The molecule has 1 aliphatic rings. The molecule has 1 heterocycles. The molecule has 1 aromatic heterocycles. The van der Waals surface area contributed by atoms with Crippen molar-refractivity contribution in [1.29, 1.82) is 0 Å². The van der Waals surface area contributed by atoms with Gasteiger partial charge in [-0.25, -0.2) is 4.98 Å². The molecule has 0 spiro atoms. The SMILES string of the molecule is Nc1cc(Cl)nc(N[C@@H]2C[C@H]2CO)c1. The van der Waals surface area contributed by atoms with Crippen LogP contribution in [0.5, 0.6) is 0 Å². The van der Waals surface area contributed by atoms with Gasteiger partial charge in [-0.1, -0.05) is 11.6 Å². The Balaban J connectivity index is 2.03. The highest BCUT2D eigenvalue weighted by molar-refractivity contribution is 6.29. The van der Waals surface area contributed by atoms with E-state index in [2.05, 4.69) is 10.3 Å². The number of rotatable bonds is 3. The first kappa shape index (κ1) is 9.55. The van der Waals surface area contributed by atoms with Crippen molar-refractivity contribution >= 4 is 23.1 Å². The maximum absolute atomic E-state index is 8.85. The third kappa shape index (κ3) is 2.08. The maximum Gasteiger partial charge on any atom is 0.133 e. The predicted molar refractivity (Wildman–Crippen MR) is 56.3 cm³/mol. The molecule has 1 fully saturated rings. The third-order valence-corrected chi connectivity index (χ3v) is 2.50. The van der Waals surface area contributed by atoms with Gasteiger partial charge in [-0.05, 0) is 12.5 Å². The molecule has 0 bridgehead atoms. The number of pyridine rings is 1. The summed E-state index contributed by atoms with van der Waals surface area (Å²) >= 11 is 5.74. The molecule has 0 unspecified atom stereocenters. The van der Waals surface area contributed by atoms with Crippen LogP contribution in [0.1, 0.15) is 6.42 Å². The second-order valence-electron chi connectivity index (χ2n) is 3.54. The van der Waals surface area contributed by atoms with Gasteiger partial charge in [-0.2, -0.15) is 0 Å². The Hall–Kier alpha value is -1.00. The van der Waals surface area contributed by atoms with E-state index in [1.54, 1.807) is 12.1 Å². The largest absolute Gasteiger partial charge is 0.399 e. The molecule has 0 aromatic carbocycles. The molecule has 0 radical (unpaired) electrons. The summed E-state index contributed by atoms with van der Waals surface area (Å²) in [7, 11) is 0. The fourth-order valence-corrected chi connectivity index (χ4v) is 1.62. The maximum atomic E-state index is 8.85. The van der Waals surface area contributed by atoms with Crippen molar-refractivity contribution < 1.29 is 5.11 Å². The van der Waals surface area contributed by atoms with Crippen LogP contribution in [-0.4, -0.2) is 22.7 Å². The number of aliphatic hydroxyl groups excluding tert-OH is 1. The molecule has 2 atom stereocenters. The zero-order valence-electron chi connectivity index (χ0n) is 7.57. The van der Waals surface area contributed by atoms with Crippen LogP contribution in [0.15, 0.2) is 12.1 Å². The minimum atomic E-state index is 0.216. The molecule has 14 heavy (non-hydrogen) atoms. The van der Waals surface area contributed by atoms with E-state index in [1.165, 1.54) is 0 Å². The zero-order chi connectivity index (χ0) is 10.1. The number of hydrogen-bond donors (Lipinski definition) is 3. The molecule has 0 aliphatic heterocycles. The van der Waals surface area contributed by atoms with Crippen molar-refractivity contribution in [3.8, 4) is 0 Å². The van der Waals surface area contributed by atoms with E-state index >= 15 is 0 Å². The first-order valence-electron chi connectivity index (χ1n) is 4.49. The van der Waals surface area contributed by atoms with E-state index in [0.29, 0.717) is 28.6 Å². The van der Waals surface area contributed by atoms with Gasteiger partial charge in [0.05, 0.1) is 0 Å². The van der Waals surface area contributed by atoms with Crippen LogP contribution in [0.2, 0.25) is 5.15 Å². The number of halogens is 1. The summed E-state index contributed by atoms with van der Waals surface area (Å²) in [6, 6.07) is 3.65. The highest BCUT2D eigenvalue weighted by Gasteiger charge is 2.36. The quantitative estimate of drug-likeness (QED) is 0.658. The fraction of sp³-hybridized carbons (Fsp3) is 0.444. The van der Waals surface area contributed by atoms with E-state index < -0.39 is 0 Å². The number of hydrogen-bond acceptors (Lipinski definition) is 4. The van der Waals surface area contributed by atoms with Crippen molar-refractivity contribution in [3.05, 3.63) is 17.3 Å². The van der Waals surface area contributed by atoms with E-state index in [1.807, 2.05) is 0 Å². The second-order valence-corrected chi connectivity index (χ2v) is 3.92. The van der Waals surface area contributed by atoms with Crippen molar-refractivity contribution in [3.63, 3.8) is 0 Å². The Morgan fingerprint density at radius 2 is 2.43 bits per heavy atom. The summed E-state index contributed by atoms with van der Waals surface area (Å²) in [6.07, 6.45) is 0.977. The molecule has 1 aromatic rings. The predicted octanol–water partition coefficient (Wildman–Crippen LogP) is 1.11. The van der Waals surface area contributed by atoms with Gasteiger partial charge in [0, 0.05) is 30.3 Å². The Morgan fingerprint density at radius 3 is 3.00 bits per heavy atom. The van der Waals surface area contributed by atoms with Gasteiger partial charge in [0.15, 0.2) is 0 Å². The summed E-state index contributed by atoms with van der Waals surface area (Å²) in [4.78, 5) is 4.08. The number of nitrogens with two attached hydrogens (primary N) is 1. The lowest BCUT2D eigenvalue weighted by molar-refractivity contribution is 0.275. The fourth-order valence-electron chi connectivity index (χ4n) is 1.41. The average Bonchev–Trinajstić information content (AvgIpc) is 2.81. The van der Waals surface area contributed by atoms with Gasteiger partial charge < -0.3 is 16.2 Å². The van der Waals surface area contributed by atoms with E-state index in [0.717, 1.165) is 6.42 Å². The zero-order valence-corrected chi connectivity index (χ0v) is 8.33. The molecule has 0 amide bonds. The molecular weight excluding hydrogens is 202 g/mol. The Morgan fingerprint density at radius 1 is 1.64 bits per heavy atom. The molecule has 4 nitrogen and oxygen atoms in total. The number of nitrogen functional groups attached to an aromatic ring is 1. The second kappa shape index (κ2) is 3.63. The van der Waals surface area contributed by atoms with Crippen molar-refractivity contribution in [2.24, 2.45) is 5.92 Å². The minimum absolute atomic E-state index is 0.216. The van der Waals surface area contributed by atoms with Crippen LogP contribution in [0, 0.1) is 5.92 Å². The number of anilines is 2. The van der Waals surface area contributed by atoms with Crippen molar-refractivity contribution in [2.45, 2.75) is 12.5 Å². The number of aliphatic hydroxyl groups is 1. The van der Waals surface area contributed by atoms with Crippen LogP contribution >= 0.6 is 11.6 Å². The Labute approximate surface area is 87.1 Å². The molecule has 76 valence electrons. The van der Waals surface area contributed by atoms with Crippen molar-refractivity contribution in [1.82, 2.24) is 4.98 Å². The standard InChI is InChI=1S/C9H12ClN3O/c10-8-2-6(11)3-9(13-8)12-7-1-5(7)4-14/h2-3,5,7,14H,1,4H2,(H3,11,12,13)/t5-,7+/m0/s1. The van der Waals surface area contributed by atoms with Gasteiger partial charge in [0.2, 0.25) is 0 Å². The normalized spacial score (nSPS) is 24.7.